The van der Waals surface area contributed by atoms with E-state index in [0.717, 1.165) is 9.60 Å². The second-order valence-corrected chi connectivity index (χ2v) is 10.7. The number of sulfone groups is 1. The number of carbonyl (C=O) groups excluding carboxylic acids is 1. The van der Waals surface area contributed by atoms with Crippen LogP contribution in [0.5, 0.6) is 0 Å². The Hall–Kier alpha value is -1.94. The molecule has 3 aromatic rings. The number of aromatic nitrogens is 1. The minimum Gasteiger partial charge on any atom is -0.308 e. The summed E-state index contributed by atoms with van der Waals surface area (Å²) in [7, 11) is 0.464. The van der Waals surface area contributed by atoms with Crippen molar-refractivity contribution in [3.05, 3.63) is 48.0 Å². The van der Waals surface area contributed by atoms with Gasteiger partial charge in [-0.2, -0.15) is 0 Å². The fourth-order valence-electron chi connectivity index (χ4n) is 2.82. The van der Waals surface area contributed by atoms with E-state index in [0.29, 0.717) is 29.3 Å². The van der Waals surface area contributed by atoms with E-state index in [1.54, 1.807) is 34.9 Å². The number of benzene rings is 2. The molecule has 1 aromatic heterocycles. The maximum absolute atomic E-state index is 13.3. The zero-order chi connectivity index (χ0) is 21.2. The van der Waals surface area contributed by atoms with Gasteiger partial charge in [0.1, 0.15) is 5.52 Å². The van der Waals surface area contributed by atoms with E-state index >= 15 is 0 Å². The molecule has 0 radical (unpaired) electrons. The van der Waals surface area contributed by atoms with Gasteiger partial charge in [0.15, 0.2) is 15.0 Å². The van der Waals surface area contributed by atoms with Gasteiger partial charge in [-0.25, -0.2) is 13.4 Å². The molecule has 0 bridgehead atoms. The van der Waals surface area contributed by atoms with Crippen molar-refractivity contribution in [2.75, 3.05) is 44.6 Å². The maximum Gasteiger partial charge on any atom is 0.260 e. The van der Waals surface area contributed by atoms with Crippen LogP contribution in [0, 0.1) is 0 Å². The summed E-state index contributed by atoms with van der Waals surface area (Å²) in [5.41, 5.74) is 0.994. The highest BCUT2D eigenvalue weighted by Gasteiger charge is 2.23. The molecule has 0 atom stereocenters. The number of thioether (sulfide) groups is 1. The number of amides is 1. The molecular formula is C20H23N3O3S3. The summed E-state index contributed by atoms with van der Waals surface area (Å²) in [5, 5.41) is 0.498. The van der Waals surface area contributed by atoms with E-state index in [4.69, 9.17) is 0 Å². The molecule has 0 aliphatic rings. The number of likely N-dealkylation sites (N-methyl/N-ethyl adjacent to an activating group) is 1. The van der Waals surface area contributed by atoms with E-state index in [1.165, 1.54) is 17.6 Å². The highest BCUT2D eigenvalue weighted by Crippen LogP contribution is 2.33. The van der Waals surface area contributed by atoms with Crippen LogP contribution in [0.2, 0.25) is 0 Å². The number of thiazole rings is 1. The number of rotatable bonds is 7. The first kappa shape index (κ1) is 21.8. The molecule has 0 saturated heterocycles. The van der Waals surface area contributed by atoms with E-state index in [1.807, 2.05) is 49.5 Å². The summed E-state index contributed by atoms with van der Waals surface area (Å²) >= 11 is 2.90. The van der Waals surface area contributed by atoms with Gasteiger partial charge in [-0.1, -0.05) is 23.5 Å². The van der Waals surface area contributed by atoms with E-state index in [9.17, 15) is 13.2 Å². The molecule has 0 spiro atoms. The molecule has 0 saturated carbocycles. The van der Waals surface area contributed by atoms with Gasteiger partial charge in [0, 0.05) is 29.8 Å². The van der Waals surface area contributed by atoms with Crippen LogP contribution in [-0.4, -0.2) is 63.9 Å². The third-order valence-corrected chi connectivity index (χ3v) is 7.23. The van der Waals surface area contributed by atoms with Crippen LogP contribution >= 0.6 is 23.1 Å². The highest BCUT2D eigenvalue weighted by molar-refractivity contribution is 7.98. The van der Waals surface area contributed by atoms with Crippen LogP contribution in [0.4, 0.5) is 5.13 Å². The third-order valence-electron chi connectivity index (χ3n) is 4.33. The number of para-hydroxylation sites is 1. The minimum atomic E-state index is -3.42. The number of nitrogens with zero attached hydrogens (tertiary/aromatic N) is 3. The summed E-state index contributed by atoms with van der Waals surface area (Å²) in [6, 6.07) is 12.6. The molecule has 0 aliphatic heterocycles. The molecule has 6 nitrogen and oxygen atoms in total. The van der Waals surface area contributed by atoms with E-state index < -0.39 is 9.84 Å². The van der Waals surface area contributed by atoms with Crippen LogP contribution in [0.15, 0.2) is 52.3 Å². The monoisotopic (exact) mass is 449 g/mol. The van der Waals surface area contributed by atoms with Gasteiger partial charge in [0.2, 0.25) is 0 Å². The fourth-order valence-corrected chi connectivity index (χ4v) is 5.20. The lowest BCUT2D eigenvalue weighted by Gasteiger charge is -2.22. The quantitative estimate of drug-likeness (QED) is 0.513. The Morgan fingerprint density at radius 2 is 1.86 bits per heavy atom. The molecule has 0 N–H and O–H groups in total. The van der Waals surface area contributed by atoms with Crippen LogP contribution in [0.1, 0.15) is 10.4 Å². The topological polar surface area (TPSA) is 70.6 Å². The third kappa shape index (κ3) is 4.98. The lowest BCUT2D eigenvalue weighted by molar-refractivity contribution is 0.0985. The summed E-state index contributed by atoms with van der Waals surface area (Å²) in [6.07, 6.45) is 3.14. The SMILES string of the molecule is CSc1cccc(C(=O)N(CCN(C)C)c2nc3c(S(C)(=O)=O)cccc3s2)c1. The Bertz CT molecular complexity index is 1140. The molecule has 2 aromatic carbocycles. The van der Waals surface area contributed by atoms with Gasteiger partial charge < -0.3 is 4.90 Å². The fraction of sp³-hybridized carbons (Fsp3) is 0.300. The minimum absolute atomic E-state index is 0.150. The number of anilines is 1. The van der Waals surface area contributed by atoms with E-state index in [2.05, 4.69) is 4.98 Å². The Kier molecular flexibility index (Phi) is 6.62. The molecule has 1 amide bonds. The summed E-state index contributed by atoms with van der Waals surface area (Å²) in [5.74, 6) is -0.150. The molecule has 0 fully saturated rings. The predicted octanol–water partition coefficient (Wildman–Crippen LogP) is 3.63. The van der Waals surface area contributed by atoms with Crippen LogP contribution in [-0.2, 0) is 9.84 Å². The molecule has 29 heavy (non-hydrogen) atoms. The Morgan fingerprint density at radius 3 is 2.52 bits per heavy atom. The summed E-state index contributed by atoms with van der Waals surface area (Å²) in [6.45, 7) is 1.10. The average molecular weight is 450 g/mol. The molecule has 1 heterocycles. The molecule has 154 valence electrons. The molecule has 9 heteroatoms. The largest absolute Gasteiger partial charge is 0.308 e. The van der Waals surface area contributed by atoms with Crippen molar-refractivity contribution >= 4 is 54.2 Å². The molecule has 0 unspecified atom stereocenters. The van der Waals surface area contributed by atoms with Crippen molar-refractivity contribution in [2.24, 2.45) is 0 Å². The van der Waals surface area contributed by atoms with Gasteiger partial charge in [-0.05, 0) is 50.7 Å². The standard InChI is InChI=1S/C20H23N3O3S3/c1-22(2)11-12-23(19(24)14-7-5-8-15(13-14)27-3)20-21-18-16(28-20)9-6-10-17(18)29(4,25)26/h5-10,13H,11-12H2,1-4H3. The first-order chi connectivity index (χ1) is 13.7. The second-order valence-electron chi connectivity index (χ2n) is 6.86. The number of fused-ring (bicyclic) bond motifs is 1. The van der Waals surface area contributed by atoms with Gasteiger partial charge in [0.25, 0.3) is 5.91 Å². The lowest BCUT2D eigenvalue weighted by Crippen LogP contribution is -2.36. The van der Waals surface area contributed by atoms with Crippen LogP contribution in [0.3, 0.4) is 0 Å². The number of carbonyl (C=O) groups is 1. The van der Waals surface area contributed by atoms with Gasteiger partial charge in [0.05, 0.1) is 9.60 Å². The van der Waals surface area contributed by atoms with Crippen LogP contribution < -0.4 is 4.90 Å². The van der Waals surface area contributed by atoms with Gasteiger partial charge in [-0.15, -0.1) is 11.8 Å². The lowest BCUT2D eigenvalue weighted by atomic mass is 10.2. The summed E-state index contributed by atoms with van der Waals surface area (Å²) < 4.78 is 25.0. The van der Waals surface area contributed by atoms with Crippen molar-refractivity contribution < 1.29 is 13.2 Å². The zero-order valence-electron chi connectivity index (χ0n) is 16.7. The first-order valence-electron chi connectivity index (χ1n) is 8.91. The molecule has 0 aliphatic carbocycles. The van der Waals surface area contributed by atoms with Crippen molar-refractivity contribution in [3.63, 3.8) is 0 Å². The van der Waals surface area contributed by atoms with Crippen molar-refractivity contribution in [1.29, 1.82) is 0 Å². The zero-order valence-corrected chi connectivity index (χ0v) is 19.2. The Labute approximate surface area is 179 Å². The Morgan fingerprint density at radius 1 is 1.14 bits per heavy atom. The predicted molar refractivity (Wildman–Crippen MR) is 121 cm³/mol. The Balaban J connectivity index is 2.08. The maximum atomic E-state index is 13.3. The number of hydrogen-bond acceptors (Lipinski definition) is 7. The first-order valence-corrected chi connectivity index (χ1v) is 12.8. The highest BCUT2D eigenvalue weighted by atomic mass is 32.2. The molecule has 3 rings (SSSR count). The second kappa shape index (κ2) is 8.83. The molecular weight excluding hydrogens is 426 g/mol. The van der Waals surface area contributed by atoms with Gasteiger partial charge >= 0.3 is 0 Å². The number of hydrogen-bond donors (Lipinski definition) is 0. The normalized spacial score (nSPS) is 11.9. The van der Waals surface area contributed by atoms with Crippen molar-refractivity contribution in [2.45, 2.75) is 9.79 Å². The van der Waals surface area contributed by atoms with Crippen molar-refractivity contribution in [1.82, 2.24) is 9.88 Å². The average Bonchev–Trinajstić information content (AvgIpc) is 3.10. The van der Waals surface area contributed by atoms with Crippen LogP contribution in [0.25, 0.3) is 10.2 Å². The summed E-state index contributed by atoms with van der Waals surface area (Å²) in [4.78, 5) is 22.7. The van der Waals surface area contributed by atoms with Gasteiger partial charge in [-0.3, -0.25) is 9.69 Å². The smallest absolute Gasteiger partial charge is 0.260 e. The van der Waals surface area contributed by atoms with E-state index in [-0.39, 0.29) is 10.8 Å². The van der Waals surface area contributed by atoms with Crippen molar-refractivity contribution in [3.8, 4) is 0 Å².